The summed E-state index contributed by atoms with van der Waals surface area (Å²) in [4.78, 5) is 15.9. The fourth-order valence-corrected chi connectivity index (χ4v) is 1.80. The maximum absolute atomic E-state index is 11.6. The summed E-state index contributed by atoms with van der Waals surface area (Å²) in [5.74, 6) is 0.0519. The first-order valence-corrected chi connectivity index (χ1v) is 6.03. The molecule has 1 atom stereocenters. The molecule has 0 N–H and O–H groups in total. The zero-order valence-corrected chi connectivity index (χ0v) is 10.6. The minimum Gasteiger partial charge on any atom is -0.463 e. The predicted octanol–water partition coefficient (Wildman–Crippen LogP) is 1.50. The molecule has 0 aromatic carbocycles. The molecule has 2 heterocycles. The Kier molecular flexibility index (Phi) is 4.33. The van der Waals surface area contributed by atoms with E-state index in [9.17, 15) is 4.79 Å². The predicted molar refractivity (Wildman–Crippen MR) is 61.3 cm³/mol. The molecule has 1 aliphatic heterocycles. The summed E-state index contributed by atoms with van der Waals surface area (Å²) >= 11 is 0. The van der Waals surface area contributed by atoms with Crippen molar-refractivity contribution in [3.05, 3.63) is 17.3 Å². The maximum atomic E-state index is 11.6. The van der Waals surface area contributed by atoms with Gasteiger partial charge in [-0.05, 0) is 6.42 Å². The van der Waals surface area contributed by atoms with Gasteiger partial charge in [-0.15, -0.1) is 0 Å². The van der Waals surface area contributed by atoms with Crippen molar-refractivity contribution in [2.45, 2.75) is 25.9 Å². The van der Waals surface area contributed by atoms with Crippen LogP contribution in [0.2, 0.25) is 0 Å². The van der Waals surface area contributed by atoms with Crippen molar-refractivity contribution in [3.8, 4) is 0 Å². The molecule has 1 aromatic rings. The Balaban J connectivity index is 2.23. The van der Waals surface area contributed by atoms with E-state index in [2.05, 4.69) is 9.72 Å². The minimum atomic E-state index is -0.506. The Labute approximate surface area is 105 Å². The van der Waals surface area contributed by atoms with Gasteiger partial charge in [0.25, 0.3) is 0 Å². The van der Waals surface area contributed by atoms with Gasteiger partial charge in [-0.3, -0.25) is 0 Å². The average molecular weight is 255 g/mol. The van der Waals surface area contributed by atoms with Crippen LogP contribution in [0.4, 0.5) is 0 Å². The van der Waals surface area contributed by atoms with E-state index in [1.807, 2.05) is 6.92 Å². The molecule has 6 heteroatoms. The lowest BCUT2D eigenvalue weighted by Crippen LogP contribution is -2.22. The van der Waals surface area contributed by atoms with Crippen molar-refractivity contribution in [1.29, 1.82) is 0 Å². The molecule has 18 heavy (non-hydrogen) atoms. The van der Waals surface area contributed by atoms with Crippen LogP contribution in [-0.4, -0.2) is 37.9 Å². The van der Waals surface area contributed by atoms with Crippen molar-refractivity contribution in [2.75, 3.05) is 26.9 Å². The monoisotopic (exact) mass is 255 g/mol. The number of ether oxygens (including phenoxy) is 3. The van der Waals surface area contributed by atoms with Gasteiger partial charge in [-0.25, -0.2) is 9.78 Å². The summed E-state index contributed by atoms with van der Waals surface area (Å²) in [5, 5.41) is 0. The zero-order chi connectivity index (χ0) is 13.0. The number of hydrogen-bond donors (Lipinski definition) is 0. The Hall–Kier alpha value is -1.40. The Morgan fingerprint density at radius 1 is 1.50 bits per heavy atom. The lowest BCUT2D eigenvalue weighted by atomic mass is 10.2. The number of esters is 1. The van der Waals surface area contributed by atoms with Crippen molar-refractivity contribution < 1.29 is 23.4 Å². The highest BCUT2D eigenvalue weighted by molar-refractivity contribution is 5.87. The van der Waals surface area contributed by atoms with Gasteiger partial charge in [0, 0.05) is 0 Å². The third-order valence-electron chi connectivity index (χ3n) is 2.66. The Bertz CT molecular complexity index is 409. The molecule has 100 valence electrons. The molecule has 2 rings (SSSR count). The molecule has 0 aliphatic carbocycles. The van der Waals surface area contributed by atoms with Gasteiger partial charge >= 0.3 is 5.97 Å². The fourth-order valence-electron chi connectivity index (χ4n) is 1.80. The van der Waals surface area contributed by atoms with E-state index in [1.165, 1.54) is 7.11 Å². The van der Waals surface area contributed by atoms with E-state index >= 15 is 0 Å². The van der Waals surface area contributed by atoms with Crippen LogP contribution in [0.1, 0.15) is 41.6 Å². The fraction of sp³-hybridized carbons (Fsp3) is 0.667. The molecule has 1 fully saturated rings. The van der Waals surface area contributed by atoms with E-state index in [4.69, 9.17) is 13.9 Å². The highest BCUT2D eigenvalue weighted by Crippen LogP contribution is 2.24. The highest BCUT2D eigenvalue weighted by atomic mass is 16.6. The summed E-state index contributed by atoms with van der Waals surface area (Å²) in [6, 6.07) is 0. The van der Waals surface area contributed by atoms with Gasteiger partial charge < -0.3 is 18.6 Å². The van der Waals surface area contributed by atoms with E-state index in [0.717, 1.165) is 6.42 Å². The molecule has 0 spiro atoms. The van der Waals surface area contributed by atoms with Crippen molar-refractivity contribution >= 4 is 5.97 Å². The van der Waals surface area contributed by atoms with Crippen molar-refractivity contribution in [3.63, 3.8) is 0 Å². The summed E-state index contributed by atoms with van der Waals surface area (Å²) in [6.07, 6.45) is 1.20. The maximum Gasteiger partial charge on any atom is 0.375 e. The van der Waals surface area contributed by atoms with Crippen LogP contribution in [0.15, 0.2) is 4.42 Å². The van der Waals surface area contributed by atoms with Crippen molar-refractivity contribution in [1.82, 2.24) is 4.98 Å². The molecule has 1 aliphatic rings. The SMILES string of the molecule is CCCc1nc(C2COCCO2)oc1C(=O)OC. The van der Waals surface area contributed by atoms with Crippen LogP contribution in [0.25, 0.3) is 0 Å². The quantitative estimate of drug-likeness (QED) is 0.759. The number of rotatable bonds is 4. The van der Waals surface area contributed by atoms with Crippen LogP contribution >= 0.6 is 0 Å². The number of aromatic nitrogens is 1. The molecule has 1 saturated heterocycles. The van der Waals surface area contributed by atoms with Crippen LogP contribution in [0.3, 0.4) is 0 Å². The topological polar surface area (TPSA) is 70.8 Å². The van der Waals surface area contributed by atoms with Crippen LogP contribution < -0.4 is 0 Å². The first-order chi connectivity index (χ1) is 8.76. The van der Waals surface area contributed by atoms with Crippen LogP contribution in [0.5, 0.6) is 0 Å². The molecule has 1 aromatic heterocycles. The molecule has 0 radical (unpaired) electrons. The summed E-state index contributed by atoms with van der Waals surface area (Å²) in [6.45, 7) is 3.48. The third-order valence-corrected chi connectivity index (χ3v) is 2.66. The first-order valence-electron chi connectivity index (χ1n) is 6.03. The molecule has 1 unspecified atom stereocenters. The molecular formula is C12H17NO5. The largest absolute Gasteiger partial charge is 0.463 e. The normalized spacial score (nSPS) is 19.8. The van der Waals surface area contributed by atoms with Gasteiger partial charge in [0.1, 0.15) is 0 Å². The van der Waals surface area contributed by atoms with E-state index in [0.29, 0.717) is 37.8 Å². The number of hydrogen-bond acceptors (Lipinski definition) is 6. The van der Waals surface area contributed by atoms with Gasteiger partial charge in [0.2, 0.25) is 11.7 Å². The molecular weight excluding hydrogens is 238 g/mol. The number of oxazole rings is 1. The number of carbonyl (C=O) groups is 1. The third kappa shape index (κ3) is 2.70. The number of methoxy groups -OCH3 is 1. The smallest absolute Gasteiger partial charge is 0.375 e. The first kappa shape index (κ1) is 13.0. The van der Waals surface area contributed by atoms with Crippen LogP contribution in [-0.2, 0) is 20.6 Å². The highest BCUT2D eigenvalue weighted by Gasteiger charge is 2.27. The number of carbonyl (C=O) groups excluding carboxylic acids is 1. The van der Waals surface area contributed by atoms with Gasteiger partial charge in [0.15, 0.2) is 6.10 Å². The second kappa shape index (κ2) is 5.97. The number of aryl methyl sites for hydroxylation is 1. The van der Waals surface area contributed by atoms with E-state index < -0.39 is 5.97 Å². The van der Waals surface area contributed by atoms with Gasteiger partial charge in [-0.1, -0.05) is 13.3 Å². The number of nitrogens with zero attached hydrogens (tertiary/aromatic N) is 1. The summed E-state index contributed by atoms with van der Waals surface area (Å²) in [7, 11) is 1.32. The van der Waals surface area contributed by atoms with Crippen molar-refractivity contribution in [2.24, 2.45) is 0 Å². The molecule has 0 bridgehead atoms. The summed E-state index contributed by atoms with van der Waals surface area (Å²) < 4.78 is 20.9. The minimum absolute atomic E-state index is 0.170. The lowest BCUT2D eigenvalue weighted by molar-refractivity contribution is -0.0998. The second-order valence-electron chi connectivity index (χ2n) is 4.00. The Morgan fingerprint density at radius 3 is 2.94 bits per heavy atom. The lowest BCUT2D eigenvalue weighted by Gasteiger charge is -2.19. The molecule has 0 amide bonds. The van der Waals surface area contributed by atoms with E-state index in [1.54, 1.807) is 0 Å². The van der Waals surface area contributed by atoms with Crippen LogP contribution in [0, 0.1) is 0 Å². The summed E-state index contributed by atoms with van der Waals surface area (Å²) in [5.41, 5.74) is 0.619. The van der Waals surface area contributed by atoms with Gasteiger partial charge in [-0.2, -0.15) is 0 Å². The zero-order valence-electron chi connectivity index (χ0n) is 10.6. The van der Waals surface area contributed by atoms with Gasteiger partial charge in [0.05, 0.1) is 32.6 Å². The Morgan fingerprint density at radius 2 is 2.33 bits per heavy atom. The second-order valence-corrected chi connectivity index (χ2v) is 4.00. The van der Waals surface area contributed by atoms with E-state index in [-0.39, 0.29) is 11.9 Å². The average Bonchev–Trinajstić information content (AvgIpc) is 2.83. The standard InChI is InChI=1S/C12H17NO5/c1-3-4-8-10(12(14)15-2)18-11(13-8)9-7-16-5-6-17-9/h9H,3-7H2,1-2H3. The molecule has 6 nitrogen and oxygen atoms in total. The molecule has 0 saturated carbocycles.